The molecule has 3 N–H and O–H groups in total. The second-order valence-electron chi connectivity index (χ2n) is 5.58. The smallest absolute Gasteiger partial charge is 0.265 e. The van der Waals surface area contributed by atoms with Crippen molar-refractivity contribution < 1.29 is 13.2 Å². The van der Waals surface area contributed by atoms with E-state index < -0.39 is 15.4 Å². The van der Waals surface area contributed by atoms with Gasteiger partial charge < -0.3 is 16.0 Å². The van der Waals surface area contributed by atoms with Crippen LogP contribution in [0, 0.1) is 0 Å². The Labute approximate surface area is 128 Å². The van der Waals surface area contributed by atoms with E-state index in [4.69, 9.17) is 5.73 Å². The number of nitrogen functional groups attached to an aromatic ring is 1. The molecule has 2 heterocycles. The van der Waals surface area contributed by atoms with Gasteiger partial charge in [0.1, 0.15) is 10.7 Å². The van der Waals surface area contributed by atoms with E-state index in [0.29, 0.717) is 16.4 Å². The van der Waals surface area contributed by atoms with Gasteiger partial charge in [-0.15, -0.1) is 0 Å². The first-order chi connectivity index (χ1) is 9.66. The summed E-state index contributed by atoms with van der Waals surface area (Å²) in [4.78, 5) is 18.7. The SMILES string of the molecule is CCN(C)c1nc(N)c(C(=O)NC2(C)CCS(=O)(=O)C2)s1. The van der Waals surface area contributed by atoms with Gasteiger partial charge in [0.2, 0.25) is 0 Å². The molecule has 9 heteroatoms. The molecule has 1 aromatic heterocycles. The largest absolute Gasteiger partial charge is 0.382 e. The van der Waals surface area contributed by atoms with E-state index in [9.17, 15) is 13.2 Å². The minimum absolute atomic E-state index is 0.0355. The minimum Gasteiger partial charge on any atom is -0.382 e. The normalized spacial score (nSPS) is 24.0. The summed E-state index contributed by atoms with van der Waals surface area (Å²) >= 11 is 1.21. The summed E-state index contributed by atoms with van der Waals surface area (Å²) < 4.78 is 23.1. The zero-order chi connectivity index (χ0) is 15.8. The Morgan fingerprint density at radius 2 is 2.24 bits per heavy atom. The highest BCUT2D eigenvalue weighted by molar-refractivity contribution is 7.91. The highest BCUT2D eigenvalue weighted by Gasteiger charge is 2.40. The van der Waals surface area contributed by atoms with Crippen LogP contribution in [-0.2, 0) is 9.84 Å². The number of rotatable bonds is 4. The van der Waals surface area contributed by atoms with E-state index in [1.54, 1.807) is 6.92 Å². The third kappa shape index (κ3) is 3.46. The maximum Gasteiger partial charge on any atom is 0.265 e. The van der Waals surface area contributed by atoms with Gasteiger partial charge in [-0.1, -0.05) is 11.3 Å². The molecule has 118 valence electrons. The Bertz CT molecular complexity index is 655. The van der Waals surface area contributed by atoms with Crippen LogP contribution in [0.1, 0.15) is 29.9 Å². The van der Waals surface area contributed by atoms with Crippen LogP contribution in [0.4, 0.5) is 10.9 Å². The average molecular weight is 332 g/mol. The van der Waals surface area contributed by atoms with Gasteiger partial charge in [-0.2, -0.15) is 0 Å². The van der Waals surface area contributed by atoms with Crippen LogP contribution in [0.15, 0.2) is 0 Å². The van der Waals surface area contributed by atoms with E-state index in [1.807, 2.05) is 18.9 Å². The number of anilines is 2. The molecule has 1 aromatic rings. The Balaban J connectivity index is 2.16. The van der Waals surface area contributed by atoms with Crippen molar-refractivity contribution in [1.82, 2.24) is 10.3 Å². The Morgan fingerprint density at radius 3 is 2.76 bits per heavy atom. The average Bonchev–Trinajstić information content (AvgIpc) is 2.89. The maximum atomic E-state index is 12.3. The molecule has 1 unspecified atom stereocenters. The second kappa shape index (κ2) is 5.45. The molecule has 1 aliphatic heterocycles. The molecule has 1 saturated heterocycles. The van der Waals surface area contributed by atoms with Crippen LogP contribution >= 0.6 is 11.3 Å². The molecule has 1 fully saturated rings. The number of aromatic nitrogens is 1. The molecule has 0 radical (unpaired) electrons. The lowest BCUT2D eigenvalue weighted by atomic mass is 10.0. The molecular weight excluding hydrogens is 312 g/mol. The van der Waals surface area contributed by atoms with Crippen LogP contribution in [0.3, 0.4) is 0 Å². The lowest BCUT2D eigenvalue weighted by Gasteiger charge is -2.23. The molecule has 1 atom stereocenters. The van der Waals surface area contributed by atoms with Crippen molar-refractivity contribution >= 4 is 38.0 Å². The summed E-state index contributed by atoms with van der Waals surface area (Å²) in [5, 5.41) is 3.46. The van der Waals surface area contributed by atoms with E-state index in [1.165, 1.54) is 11.3 Å². The minimum atomic E-state index is -3.07. The fourth-order valence-corrected chi connectivity index (χ4v) is 5.22. The predicted octanol–water partition coefficient (Wildman–Crippen LogP) is 0.488. The topological polar surface area (TPSA) is 105 Å². The van der Waals surface area contributed by atoms with Crippen molar-refractivity contribution in [3.05, 3.63) is 4.88 Å². The molecule has 0 spiro atoms. The predicted molar refractivity (Wildman–Crippen MR) is 84.6 cm³/mol. The van der Waals surface area contributed by atoms with Gasteiger partial charge in [-0.3, -0.25) is 4.79 Å². The number of nitrogens with one attached hydrogen (secondary N) is 1. The van der Waals surface area contributed by atoms with Crippen LogP contribution in [0.5, 0.6) is 0 Å². The van der Waals surface area contributed by atoms with Gasteiger partial charge in [0.05, 0.1) is 17.0 Å². The Morgan fingerprint density at radius 1 is 1.57 bits per heavy atom. The van der Waals surface area contributed by atoms with Gasteiger partial charge in [-0.25, -0.2) is 13.4 Å². The molecule has 7 nitrogen and oxygen atoms in total. The summed E-state index contributed by atoms with van der Waals surface area (Å²) in [7, 11) is -1.20. The summed E-state index contributed by atoms with van der Waals surface area (Å²) in [6, 6.07) is 0. The summed E-state index contributed by atoms with van der Waals surface area (Å²) in [5.41, 5.74) is 5.07. The van der Waals surface area contributed by atoms with Crippen LogP contribution in [-0.4, -0.2) is 49.9 Å². The van der Waals surface area contributed by atoms with Gasteiger partial charge >= 0.3 is 0 Å². The van der Waals surface area contributed by atoms with Crippen LogP contribution in [0.25, 0.3) is 0 Å². The summed E-state index contributed by atoms with van der Waals surface area (Å²) in [6.07, 6.45) is 0.418. The molecule has 0 bridgehead atoms. The first-order valence-corrected chi connectivity index (χ1v) is 9.30. The third-order valence-electron chi connectivity index (χ3n) is 3.57. The third-order valence-corrected chi connectivity index (χ3v) is 6.66. The molecule has 0 aliphatic carbocycles. The van der Waals surface area contributed by atoms with Gasteiger partial charge in [0, 0.05) is 13.6 Å². The van der Waals surface area contributed by atoms with Crippen LogP contribution < -0.4 is 16.0 Å². The highest BCUT2D eigenvalue weighted by atomic mass is 32.2. The van der Waals surface area contributed by atoms with Crippen molar-refractivity contribution in [2.24, 2.45) is 0 Å². The molecule has 1 amide bonds. The molecule has 0 aromatic carbocycles. The fourth-order valence-electron chi connectivity index (χ4n) is 2.22. The number of amides is 1. The van der Waals surface area contributed by atoms with Gasteiger partial charge in [0.25, 0.3) is 5.91 Å². The van der Waals surface area contributed by atoms with Gasteiger partial charge in [0.15, 0.2) is 15.0 Å². The number of carbonyl (C=O) groups is 1. The highest BCUT2D eigenvalue weighted by Crippen LogP contribution is 2.29. The van der Waals surface area contributed by atoms with Crippen molar-refractivity contribution in [2.75, 3.05) is 35.7 Å². The first-order valence-electron chi connectivity index (χ1n) is 6.66. The van der Waals surface area contributed by atoms with E-state index in [-0.39, 0.29) is 23.2 Å². The first kappa shape index (κ1) is 16.0. The summed E-state index contributed by atoms with van der Waals surface area (Å²) in [5.74, 6) is -0.115. The lowest BCUT2D eigenvalue weighted by Crippen LogP contribution is -2.46. The number of hydrogen-bond acceptors (Lipinski definition) is 7. The van der Waals surface area contributed by atoms with Crippen molar-refractivity contribution in [2.45, 2.75) is 25.8 Å². The second-order valence-corrected chi connectivity index (χ2v) is 8.74. The van der Waals surface area contributed by atoms with Gasteiger partial charge in [-0.05, 0) is 20.3 Å². The quantitative estimate of drug-likeness (QED) is 0.831. The zero-order valence-electron chi connectivity index (χ0n) is 12.3. The molecular formula is C12H20N4O3S2. The fraction of sp³-hybridized carbons (Fsp3) is 0.667. The number of carbonyl (C=O) groups excluding carboxylic acids is 1. The molecule has 21 heavy (non-hydrogen) atoms. The van der Waals surface area contributed by atoms with Crippen molar-refractivity contribution in [3.63, 3.8) is 0 Å². The van der Waals surface area contributed by atoms with Crippen LogP contribution in [0.2, 0.25) is 0 Å². The van der Waals surface area contributed by atoms with E-state index >= 15 is 0 Å². The number of hydrogen-bond donors (Lipinski definition) is 2. The number of thiazole rings is 1. The van der Waals surface area contributed by atoms with E-state index in [0.717, 1.165) is 6.54 Å². The molecule has 0 saturated carbocycles. The molecule has 1 aliphatic rings. The number of sulfone groups is 1. The lowest BCUT2D eigenvalue weighted by molar-refractivity contribution is 0.0920. The number of nitrogens with two attached hydrogens (primary N) is 1. The zero-order valence-corrected chi connectivity index (χ0v) is 14.0. The maximum absolute atomic E-state index is 12.3. The Hall–Kier alpha value is -1.35. The monoisotopic (exact) mass is 332 g/mol. The van der Waals surface area contributed by atoms with Crippen molar-refractivity contribution in [1.29, 1.82) is 0 Å². The van der Waals surface area contributed by atoms with E-state index in [2.05, 4.69) is 10.3 Å². The molecule has 2 rings (SSSR count). The number of nitrogens with zero attached hydrogens (tertiary/aromatic N) is 2. The standard InChI is InChI=1S/C12H20N4O3S2/c1-4-16(3)11-14-9(13)8(20-11)10(17)15-12(2)5-6-21(18,19)7-12/h4-7,13H2,1-3H3,(H,15,17). The van der Waals surface area contributed by atoms with Crippen molar-refractivity contribution in [3.8, 4) is 0 Å². The summed E-state index contributed by atoms with van der Waals surface area (Å²) in [6.45, 7) is 4.47. The Kier molecular flexibility index (Phi) is 4.16.